The van der Waals surface area contributed by atoms with E-state index in [0.29, 0.717) is 16.9 Å². The van der Waals surface area contributed by atoms with Crippen molar-refractivity contribution in [2.45, 2.75) is 19.4 Å². The van der Waals surface area contributed by atoms with Gasteiger partial charge < -0.3 is 15.5 Å². The average Bonchev–Trinajstić information content (AvgIpc) is 2.48. The Balaban J connectivity index is 1.97. The summed E-state index contributed by atoms with van der Waals surface area (Å²) in [4.78, 5) is 14.3. The van der Waals surface area contributed by atoms with Gasteiger partial charge in [-0.05, 0) is 61.9 Å². The second-order valence-electron chi connectivity index (χ2n) is 5.78. The summed E-state index contributed by atoms with van der Waals surface area (Å²) < 4.78 is 2.07. The van der Waals surface area contributed by atoms with Crippen LogP contribution in [-0.4, -0.2) is 55.0 Å². The first-order chi connectivity index (χ1) is 10.1. The van der Waals surface area contributed by atoms with Crippen molar-refractivity contribution in [3.8, 4) is 0 Å². The van der Waals surface area contributed by atoms with Crippen LogP contribution in [0.3, 0.4) is 0 Å². The molecule has 0 unspecified atom stereocenters. The zero-order chi connectivity index (χ0) is 15.2. The number of nitrogens with one attached hydrogen (secondary N) is 2. The lowest BCUT2D eigenvalue weighted by Crippen LogP contribution is -2.32. The van der Waals surface area contributed by atoms with Gasteiger partial charge in [0.15, 0.2) is 0 Å². The Morgan fingerprint density at radius 2 is 2.19 bits per heavy atom. The summed E-state index contributed by atoms with van der Waals surface area (Å²) in [7, 11) is 3.96. The molecule has 118 valence electrons. The van der Waals surface area contributed by atoms with Crippen LogP contribution in [0.4, 0.5) is 5.69 Å². The third-order valence-corrected chi connectivity index (χ3v) is 4.55. The lowest BCUT2D eigenvalue weighted by molar-refractivity contribution is 0.367. The van der Waals surface area contributed by atoms with Gasteiger partial charge in [-0.15, -0.1) is 0 Å². The summed E-state index contributed by atoms with van der Waals surface area (Å²) in [6.45, 7) is 4.44. The minimum Gasteiger partial charge on any atom is -0.382 e. The van der Waals surface area contributed by atoms with E-state index in [-0.39, 0.29) is 5.56 Å². The lowest BCUT2D eigenvalue weighted by atomic mass is 9.98. The smallest absolute Gasteiger partial charge is 0.283 e. The molecule has 1 aromatic heterocycles. The number of aromatic nitrogens is 2. The van der Waals surface area contributed by atoms with E-state index in [0.717, 1.165) is 31.9 Å². The van der Waals surface area contributed by atoms with E-state index in [2.05, 4.69) is 31.7 Å². The van der Waals surface area contributed by atoms with E-state index in [1.165, 1.54) is 17.5 Å². The predicted molar refractivity (Wildman–Crippen MR) is 88.8 cm³/mol. The molecule has 0 spiro atoms. The predicted octanol–water partition coefficient (Wildman–Crippen LogP) is 0.979. The Hall–Kier alpha value is -0.920. The van der Waals surface area contributed by atoms with Crippen LogP contribution in [0.2, 0.25) is 0 Å². The van der Waals surface area contributed by atoms with E-state index in [9.17, 15) is 4.79 Å². The molecule has 7 heteroatoms. The molecule has 2 N–H and O–H groups in total. The maximum absolute atomic E-state index is 12.2. The van der Waals surface area contributed by atoms with Crippen LogP contribution in [0.1, 0.15) is 12.8 Å². The topological polar surface area (TPSA) is 62.2 Å². The van der Waals surface area contributed by atoms with Gasteiger partial charge in [-0.2, -0.15) is 5.10 Å². The number of anilines is 1. The zero-order valence-electron chi connectivity index (χ0n) is 12.7. The molecular formula is C14H24BrN5O. The number of hydrogen-bond acceptors (Lipinski definition) is 5. The summed E-state index contributed by atoms with van der Waals surface area (Å²) in [5.41, 5.74) is 0.715. The van der Waals surface area contributed by atoms with Crippen molar-refractivity contribution in [1.29, 1.82) is 0 Å². The Morgan fingerprint density at radius 1 is 1.48 bits per heavy atom. The third-order valence-electron chi connectivity index (χ3n) is 3.78. The van der Waals surface area contributed by atoms with Crippen LogP contribution in [0.25, 0.3) is 0 Å². The van der Waals surface area contributed by atoms with Crippen LogP contribution in [-0.2, 0) is 6.54 Å². The van der Waals surface area contributed by atoms with Gasteiger partial charge in [-0.3, -0.25) is 4.79 Å². The van der Waals surface area contributed by atoms with Gasteiger partial charge in [0.1, 0.15) is 4.47 Å². The first kappa shape index (κ1) is 16.5. The summed E-state index contributed by atoms with van der Waals surface area (Å²) in [6.07, 6.45) is 4.10. The van der Waals surface area contributed by atoms with Crippen LogP contribution in [0, 0.1) is 5.92 Å². The first-order valence-electron chi connectivity index (χ1n) is 7.43. The van der Waals surface area contributed by atoms with E-state index >= 15 is 0 Å². The summed E-state index contributed by atoms with van der Waals surface area (Å²) in [5.74, 6) is 0.661. The van der Waals surface area contributed by atoms with Crippen LogP contribution >= 0.6 is 15.9 Å². The fourth-order valence-corrected chi connectivity index (χ4v) is 2.83. The zero-order valence-corrected chi connectivity index (χ0v) is 14.3. The molecule has 0 amide bonds. The van der Waals surface area contributed by atoms with Crippen molar-refractivity contribution in [3.05, 3.63) is 21.0 Å². The Kier molecular flexibility index (Phi) is 6.20. The maximum atomic E-state index is 12.2. The highest BCUT2D eigenvalue weighted by molar-refractivity contribution is 9.10. The van der Waals surface area contributed by atoms with Gasteiger partial charge in [0, 0.05) is 13.1 Å². The van der Waals surface area contributed by atoms with Crippen molar-refractivity contribution >= 4 is 21.6 Å². The molecule has 0 aromatic carbocycles. The van der Waals surface area contributed by atoms with Crippen molar-refractivity contribution in [1.82, 2.24) is 20.0 Å². The fraction of sp³-hybridized carbons (Fsp3) is 0.714. The van der Waals surface area contributed by atoms with Gasteiger partial charge in [0.2, 0.25) is 0 Å². The quantitative estimate of drug-likeness (QED) is 0.794. The van der Waals surface area contributed by atoms with E-state index in [1.807, 2.05) is 19.0 Å². The van der Waals surface area contributed by atoms with Gasteiger partial charge in [0.05, 0.1) is 18.4 Å². The maximum Gasteiger partial charge on any atom is 0.283 e. The van der Waals surface area contributed by atoms with Crippen LogP contribution in [0.5, 0.6) is 0 Å². The molecular weight excluding hydrogens is 334 g/mol. The average molecular weight is 358 g/mol. The molecule has 2 rings (SSSR count). The SMILES string of the molecule is CN(C)CCn1ncc(NCC2CCNCC2)c(Br)c1=O. The molecule has 1 fully saturated rings. The molecule has 1 aromatic rings. The van der Waals surface area contributed by atoms with E-state index < -0.39 is 0 Å². The van der Waals surface area contributed by atoms with Gasteiger partial charge >= 0.3 is 0 Å². The number of rotatable bonds is 6. The van der Waals surface area contributed by atoms with Gasteiger partial charge in [0.25, 0.3) is 5.56 Å². The second kappa shape index (κ2) is 7.91. The highest BCUT2D eigenvalue weighted by atomic mass is 79.9. The Labute approximate surface area is 134 Å². The molecule has 6 nitrogen and oxygen atoms in total. The molecule has 1 saturated heterocycles. The van der Waals surface area contributed by atoms with Crippen LogP contribution in [0.15, 0.2) is 15.5 Å². The van der Waals surface area contributed by atoms with Crippen LogP contribution < -0.4 is 16.2 Å². The molecule has 21 heavy (non-hydrogen) atoms. The van der Waals surface area contributed by atoms with Crippen molar-refractivity contribution in [2.24, 2.45) is 5.92 Å². The first-order valence-corrected chi connectivity index (χ1v) is 8.22. The number of halogens is 1. The van der Waals surface area contributed by atoms with Gasteiger partial charge in [-0.1, -0.05) is 0 Å². The minimum atomic E-state index is -0.0767. The molecule has 0 atom stereocenters. The molecule has 0 bridgehead atoms. The Morgan fingerprint density at radius 3 is 2.86 bits per heavy atom. The molecule has 1 aliphatic heterocycles. The van der Waals surface area contributed by atoms with Crippen molar-refractivity contribution in [2.75, 3.05) is 45.6 Å². The number of nitrogens with zero attached hydrogens (tertiary/aromatic N) is 3. The van der Waals surface area contributed by atoms with E-state index in [4.69, 9.17) is 0 Å². The fourth-order valence-electron chi connectivity index (χ4n) is 2.38. The van der Waals surface area contributed by atoms with E-state index in [1.54, 1.807) is 6.20 Å². The van der Waals surface area contributed by atoms with Gasteiger partial charge in [-0.25, -0.2) is 4.68 Å². The number of likely N-dealkylation sites (N-methyl/N-ethyl adjacent to an activating group) is 1. The third kappa shape index (κ3) is 4.79. The highest BCUT2D eigenvalue weighted by Gasteiger charge is 2.14. The highest BCUT2D eigenvalue weighted by Crippen LogP contribution is 2.18. The largest absolute Gasteiger partial charge is 0.382 e. The molecule has 0 saturated carbocycles. The molecule has 2 heterocycles. The summed E-state index contributed by atoms with van der Waals surface area (Å²) in [5, 5.41) is 11.0. The molecule has 0 radical (unpaired) electrons. The minimum absolute atomic E-state index is 0.0767. The van der Waals surface area contributed by atoms with Crippen molar-refractivity contribution < 1.29 is 0 Å². The summed E-state index contributed by atoms with van der Waals surface area (Å²) >= 11 is 3.40. The normalized spacial score (nSPS) is 16.4. The number of piperidine rings is 1. The molecule has 0 aliphatic carbocycles. The monoisotopic (exact) mass is 357 g/mol. The van der Waals surface area contributed by atoms with Crippen molar-refractivity contribution in [3.63, 3.8) is 0 Å². The lowest BCUT2D eigenvalue weighted by Gasteiger charge is -2.23. The molecule has 1 aliphatic rings. The summed E-state index contributed by atoms with van der Waals surface area (Å²) in [6, 6.07) is 0. The Bertz CT molecular complexity index is 511. The second-order valence-corrected chi connectivity index (χ2v) is 6.57. The standard InChI is InChI=1S/C14H24BrN5O/c1-19(2)7-8-20-14(21)13(15)12(10-18-20)17-9-11-3-5-16-6-4-11/h10-11,16-17H,3-9H2,1-2H3. The number of hydrogen-bond donors (Lipinski definition) is 2.